The second kappa shape index (κ2) is 17.9. The Kier molecular flexibility index (Phi) is 68.5. The molecule has 0 unspecified atom stereocenters. The van der Waals surface area contributed by atoms with E-state index in [1.165, 1.54) is 0 Å². The van der Waals surface area contributed by atoms with E-state index in [4.69, 9.17) is 17.5 Å². The van der Waals surface area contributed by atoms with Crippen LogP contribution in [0, 0.1) is 0 Å². The van der Waals surface area contributed by atoms with Crippen molar-refractivity contribution in [2.24, 2.45) is 0 Å². The molecule has 0 N–H and O–H groups in total. The first-order chi connectivity index (χ1) is 2.00. The van der Waals surface area contributed by atoms with Crippen LogP contribution in [-0.4, -0.2) is 17.5 Å². The molecule has 0 saturated heterocycles. The maximum atomic E-state index is 8.52. The number of hydrogen-bond donors (Lipinski definition) is 0. The Morgan fingerprint density at radius 2 is 0.900 bits per heavy atom. The molecule has 0 heterocycles. The van der Waals surface area contributed by atoms with Crippen molar-refractivity contribution in [2.75, 3.05) is 0 Å². The van der Waals surface area contributed by atoms with Gasteiger partial charge in [0.05, 0.1) is 0 Å². The van der Waals surface area contributed by atoms with Crippen LogP contribution in [0.3, 0.4) is 0 Å². The van der Waals surface area contributed by atoms with E-state index in [1.807, 2.05) is 0 Å². The van der Waals surface area contributed by atoms with E-state index in [-0.39, 0.29) is 101 Å². The summed E-state index contributed by atoms with van der Waals surface area (Å²) >= 11 is 0. The summed E-state index contributed by atoms with van der Waals surface area (Å²) in [7, 11) is -5.17. The van der Waals surface area contributed by atoms with Gasteiger partial charge in [0, 0.05) is 10.4 Å². The smallest absolute Gasteiger partial charge is 2.00 e. The molecule has 0 atom stereocenters. The van der Waals surface area contributed by atoms with Crippen LogP contribution in [-0.2, 0) is 111 Å². The molecule has 0 aliphatic carbocycles. The zero-order valence-corrected chi connectivity index (χ0v) is 18.7. The quantitative estimate of drug-likeness (QED) is 0.239. The molecule has 0 aromatic heterocycles. The van der Waals surface area contributed by atoms with Crippen molar-refractivity contribution in [1.29, 1.82) is 0 Å². The SMILES string of the molecule is O=S(=O)([O-])[O-].[Cd+2].[Cd+2].[Cd+2].[O-2].[S-2]. The molecule has 0 rings (SSSR count). The molecule has 0 amide bonds. The molecule has 0 aliphatic heterocycles. The Balaban J connectivity index is -0.00000000800. The van der Waals surface area contributed by atoms with E-state index < -0.39 is 10.4 Å². The van der Waals surface area contributed by atoms with Crippen LogP contribution in [0.1, 0.15) is 0 Å². The minimum absolute atomic E-state index is 0. The van der Waals surface area contributed by atoms with Gasteiger partial charge < -0.3 is 28.1 Å². The van der Waals surface area contributed by atoms with Gasteiger partial charge in [-0.05, 0) is 0 Å². The molecule has 0 aliphatic rings. The summed E-state index contributed by atoms with van der Waals surface area (Å²) in [5.74, 6) is 0. The minimum atomic E-state index is -5.17. The predicted molar refractivity (Wildman–Crippen MR) is 18.5 cm³/mol. The first-order valence-corrected chi connectivity index (χ1v) is 2.00. The maximum Gasteiger partial charge on any atom is 2.00 e. The van der Waals surface area contributed by atoms with E-state index in [9.17, 15) is 0 Å². The number of rotatable bonds is 0. The van der Waals surface area contributed by atoms with Gasteiger partial charge in [0.15, 0.2) is 0 Å². The van der Waals surface area contributed by atoms with Crippen molar-refractivity contribution in [1.82, 2.24) is 0 Å². The van der Waals surface area contributed by atoms with Crippen molar-refractivity contribution < 1.29 is 105 Å². The summed E-state index contributed by atoms with van der Waals surface area (Å²) in [5.41, 5.74) is 0. The van der Waals surface area contributed by atoms with Gasteiger partial charge in [-0.1, -0.05) is 0 Å². The molecular weight excluding hydrogens is 481 g/mol. The van der Waals surface area contributed by atoms with Crippen LogP contribution in [0.4, 0.5) is 0 Å². The third-order valence-corrected chi connectivity index (χ3v) is 0. The van der Waals surface area contributed by atoms with Crippen LogP contribution in [0.2, 0.25) is 0 Å². The zero-order chi connectivity index (χ0) is 4.50. The molecular formula is Cd3O5S2. The van der Waals surface area contributed by atoms with Gasteiger partial charge in [-0.2, -0.15) is 0 Å². The van der Waals surface area contributed by atoms with Crippen LogP contribution in [0.5, 0.6) is 0 Å². The zero-order valence-electron chi connectivity index (χ0n) is 4.98. The monoisotopic (exact) mass is 486 g/mol. The molecule has 5 nitrogen and oxygen atoms in total. The second-order valence-corrected chi connectivity index (χ2v) is 1.22. The Bertz CT molecular complexity index is 98.1. The molecule has 0 spiro atoms. The molecule has 48 valence electrons. The maximum absolute atomic E-state index is 8.52. The van der Waals surface area contributed by atoms with Crippen molar-refractivity contribution in [3.05, 3.63) is 0 Å². The topological polar surface area (TPSA) is 109 Å². The van der Waals surface area contributed by atoms with Crippen LogP contribution < -0.4 is 0 Å². The van der Waals surface area contributed by atoms with E-state index >= 15 is 0 Å². The van der Waals surface area contributed by atoms with Gasteiger partial charge in [0.2, 0.25) is 0 Å². The molecule has 0 saturated carbocycles. The summed E-state index contributed by atoms with van der Waals surface area (Å²) < 4.78 is 34.1. The standard InChI is InChI=1S/3Cd.H2O4S.O.S/c;;;1-5(2,3)4;;/h;;;(H2,1,2,3,4);;/q3*+2;;2*-2/p-2. The average Bonchev–Trinajstić information content (AvgIpc) is 0.722. The molecule has 0 radical (unpaired) electrons. The largest absolute Gasteiger partial charge is 2.00 e. The van der Waals surface area contributed by atoms with Gasteiger partial charge in [-0.15, -0.1) is 0 Å². The average molecular weight is 481 g/mol. The van der Waals surface area contributed by atoms with Crippen molar-refractivity contribution in [2.45, 2.75) is 0 Å². The van der Waals surface area contributed by atoms with Crippen LogP contribution >= 0.6 is 0 Å². The summed E-state index contributed by atoms with van der Waals surface area (Å²) in [6.07, 6.45) is 0. The normalized spacial score (nSPS) is 5.80. The summed E-state index contributed by atoms with van der Waals surface area (Å²) in [4.78, 5) is 0. The summed E-state index contributed by atoms with van der Waals surface area (Å²) in [6, 6.07) is 0. The predicted octanol–water partition coefficient (Wildman–Crippen LogP) is -1.47. The third kappa shape index (κ3) is 125. The van der Waals surface area contributed by atoms with Gasteiger partial charge >= 0.3 is 81.9 Å². The molecule has 10 heavy (non-hydrogen) atoms. The van der Waals surface area contributed by atoms with E-state index in [1.54, 1.807) is 0 Å². The summed E-state index contributed by atoms with van der Waals surface area (Å²) in [6.45, 7) is 0. The Labute approximate surface area is 127 Å². The molecule has 0 fully saturated rings. The first-order valence-electron chi connectivity index (χ1n) is 0.667. The van der Waals surface area contributed by atoms with E-state index in [2.05, 4.69) is 0 Å². The van der Waals surface area contributed by atoms with Gasteiger partial charge in [0.25, 0.3) is 0 Å². The molecule has 0 aromatic carbocycles. The van der Waals surface area contributed by atoms with Crippen molar-refractivity contribution in [3.63, 3.8) is 0 Å². The Hall–Kier alpha value is 2.95. The van der Waals surface area contributed by atoms with E-state index in [0.29, 0.717) is 0 Å². The van der Waals surface area contributed by atoms with Gasteiger partial charge in [0.1, 0.15) is 0 Å². The van der Waals surface area contributed by atoms with Gasteiger partial charge in [-0.3, -0.25) is 8.42 Å². The molecule has 10 heteroatoms. The van der Waals surface area contributed by atoms with Crippen LogP contribution in [0.25, 0.3) is 0 Å². The third-order valence-electron chi connectivity index (χ3n) is 0. The second-order valence-electron chi connectivity index (χ2n) is 0.408. The fourth-order valence-corrected chi connectivity index (χ4v) is 0. The Morgan fingerprint density at radius 3 is 0.900 bits per heavy atom. The van der Waals surface area contributed by atoms with E-state index in [0.717, 1.165) is 0 Å². The number of hydrogen-bond acceptors (Lipinski definition) is 4. The fourth-order valence-electron chi connectivity index (χ4n) is 0. The minimum Gasteiger partial charge on any atom is -2.00 e. The van der Waals surface area contributed by atoms with Gasteiger partial charge in [-0.25, -0.2) is 0 Å². The van der Waals surface area contributed by atoms with Crippen molar-refractivity contribution in [3.8, 4) is 0 Å². The Morgan fingerprint density at radius 1 is 0.900 bits per heavy atom. The summed E-state index contributed by atoms with van der Waals surface area (Å²) in [5, 5.41) is 0. The fraction of sp³-hybridized carbons (Fsp3) is 0. The van der Waals surface area contributed by atoms with Crippen molar-refractivity contribution >= 4 is 23.9 Å². The molecule has 0 bridgehead atoms. The first kappa shape index (κ1) is 38.3. The van der Waals surface area contributed by atoms with Crippen LogP contribution in [0.15, 0.2) is 0 Å². The molecule has 0 aromatic rings.